The van der Waals surface area contributed by atoms with Crippen molar-refractivity contribution in [3.8, 4) is 0 Å². The van der Waals surface area contributed by atoms with Gasteiger partial charge in [0, 0.05) is 23.6 Å². The van der Waals surface area contributed by atoms with Crippen LogP contribution in [0.3, 0.4) is 0 Å². The number of benzene rings is 2. The molecule has 27 heavy (non-hydrogen) atoms. The fourth-order valence-electron chi connectivity index (χ4n) is 2.80. The Morgan fingerprint density at radius 2 is 1.67 bits per heavy atom. The number of rotatable bonds is 4. The van der Waals surface area contributed by atoms with E-state index in [0.717, 1.165) is 34.5 Å². The molecule has 0 aliphatic carbocycles. The number of nitrogens with one attached hydrogen (secondary N) is 2. The SMILES string of the molecule is Cc1cc(C)c(Nc2nccc(C(=O)Nc3ccc(F)c(F)c3)n2)c(C)c1. The maximum atomic E-state index is 13.3. The Bertz CT molecular complexity index is 998. The van der Waals surface area contributed by atoms with E-state index in [1.807, 2.05) is 32.9 Å². The van der Waals surface area contributed by atoms with Crippen molar-refractivity contribution in [3.05, 3.63) is 76.6 Å². The molecular formula is C20H18F2N4O. The fraction of sp³-hybridized carbons (Fsp3) is 0.150. The van der Waals surface area contributed by atoms with E-state index in [-0.39, 0.29) is 17.3 Å². The minimum Gasteiger partial charge on any atom is -0.324 e. The zero-order chi connectivity index (χ0) is 19.6. The number of anilines is 3. The van der Waals surface area contributed by atoms with Crippen LogP contribution >= 0.6 is 0 Å². The molecule has 5 nitrogen and oxygen atoms in total. The molecule has 0 fully saturated rings. The molecular weight excluding hydrogens is 350 g/mol. The zero-order valence-electron chi connectivity index (χ0n) is 15.1. The zero-order valence-corrected chi connectivity index (χ0v) is 15.1. The molecule has 1 aromatic heterocycles. The first-order valence-electron chi connectivity index (χ1n) is 8.28. The van der Waals surface area contributed by atoms with Gasteiger partial charge in [0.25, 0.3) is 5.91 Å². The molecule has 0 unspecified atom stereocenters. The average molecular weight is 368 g/mol. The molecule has 3 aromatic rings. The minimum atomic E-state index is -1.04. The Hall–Kier alpha value is -3.35. The van der Waals surface area contributed by atoms with Gasteiger partial charge in [-0.3, -0.25) is 4.79 Å². The van der Waals surface area contributed by atoms with Gasteiger partial charge in [-0.1, -0.05) is 17.7 Å². The van der Waals surface area contributed by atoms with Crippen LogP contribution in [-0.2, 0) is 0 Å². The third-order valence-corrected chi connectivity index (χ3v) is 3.98. The monoisotopic (exact) mass is 368 g/mol. The van der Waals surface area contributed by atoms with Gasteiger partial charge in [-0.05, 0) is 50.1 Å². The predicted molar refractivity (Wildman–Crippen MR) is 100 cm³/mol. The van der Waals surface area contributed by atoms with Crippen LogP contribution < -0.4 is 10.6 Å². The number of carbonyl (C=O) groups is 1. The van der Waals surface area contributed by atoms with Gasteiger partial charge in [-0.25, -0.2) is 18.7 Å². The summed E-state index contributed by atoms with van der Waals surface area (Å²) in [5, 5.41) is 5.62. The topological polar surface area (TPSA) is 66.9 Å². The highest BCUT2D eigenvalue weighted by Gasteiger charge is 2.12. The van der Waals surface area contributed by atoms with Crippen LogP contribution in [0.2, 0.25) is 0 Å². The molecule has 0 aliphatic rings. The molecule has 7 heteroatoms. The minimum absolute atomic E-state index is 0.0969. The highest BCUT2D eigenvalue weighted by Crippen LogP contribution is 2.24. The molecule has 138 valence electrons. The van der Waals surface area contributed by atoms with Crippen molar-refractivity contribution in [2.24, 2.45) is 0 Å². The lowest BCUT2D eigenvalue weighted by molar-refractivity contribution is 0.102. The normalized spacial score (nSPS) is 10.6. The van der Waals surface area contributed by atoms with Crippen LogP contribution in [0.4, 0.5) is 26.1 Å². The number of aromatic nitrogens is 2. The summed E-state index contributed by atoms with van der Waals surface area (Å²) in [5.74, 6) is -2.31. The van der Waals surface area contributed by atoms with Gasteiger partial charge in [0.05, 0.1) is 0 Å². The van der Waals surface area contributed by atoms with E-state index in [9.17, 15) is 13.6 Å². The van der Waals surface area contributed by atoms with Crippen molar-refractivity contribution in [3.63, 3.8) is 0 Å². The van der Waals surface area contributed by atoms with E-state index in [1.165, 1.54) is 18.3 Å². The summed E-state index contributed by atoms with van der Waals surface area (Å²) in [6.07, 6.45) is 1.45. The lowest BCUT2D eigenvalue weighted by Crippen LogP contribution is -2.15. The number of hydrogen-bond acceptors (Lipinski definition) is 4. The van der Waals surface area contributed by atoms with Crippen molar-refractivity contribution in [2.75, 3.05) is 10.6 Å². The van der Waals surface area contributed by atoms with Crippen LogP contribution in [-0.4, -0.2) is 15.9 Å². The van der Waals surface area contributed by atoms with E-state index in [2.05, 4.69) is 20.6 Å². The van der Waals surface area contributed by atoms with E-state index >= 15 is 0 Å². The summed E-state index contributed by atoms with van der Waals surface area (Å²) in [5.41, 5.74) is 4.33. The summed E-state index contributed by atoms with van der Waals surface area (Å²) in [6, 6.07) is 8.64. The van der Waals surface area contributed by atoms with Crippen molar-refractivity contribution in [2.45, 2.75) is 20.8 Å². The third-order valence-electron chi connectivity index (χ3n) is 3.98. The first-order valence-corrected chi connectivity index (χ1v) is 8.28. The van der Waals surface area contributed by atoms with Gasteiger partial charge in [-0.2, -0.15) is 0 Å². The van der Waals surface area contributed by atoms with Gasteiger partial charge < -0.3 is 10.6 Å². The molecule has 0 radical (unpaired) electrons. The standard InChI is InChI=1S/C20H18F2N4O/c1-11-8-12(2)18(13(3)9-11)26-20-23-7-6-17(25-20)19(27)24-14-4-5-15(21)16(22)10-14/h4-10H,1-3H3,(H,24,27)(H,23,25,26). The van der Waals surface area contributed by atoms with Crippen LogP contribution in [0.1, 0.15) is 27.2 Å². The number of aryl methyl sites for hydroxylation is 3. The fourth-order valence-corrected chi connectivity index (χ4v) is 2.80. The Morgan fingerprint density at radius 1 is 0.963 bits per heavy atom. The highest BCUT2D eigenvalue weighted by molar-refractivity contribution is 6.03. The summed E-state index contributed by atoms with van der Waals surface area (Å²) in [4.78, 5) is 20.7. The molecule has 0 spiro atoms. The quantitative estimate of drug-likeness (QED) is 0.702. The molecule has 0 bridgehead atoms. The van der Waals surface area contributed by atoms with Gasteiger partial charge in [-0.15, -0.1) is 0 Å². The first-order chi connectivity index (χ1) is 12.8. The van der Waals surface area contributed by atoms with Gasteiger partial charge in [0.2, 0.25) is 5.95 Å². The molecule has 1 heterocycles. The number of hydrogen-bond donors (Lipinski definition) is 2. The smallest absolute Gasteiger partial charge is 0.274 e. The molecule has 2 N–H and O–H groups in total. The Labute approximate surface area is 155 Å². The largest absolute Gasteiger partial charge is 0.324 e. The molecule has 1 amide bonds. The third kappa shape index (κ3) is 4.25. The van der Waals surface area contributed by atoms with E-state index in [1.54, 1.807) is 0 Å². The van der Waals surface area contributed by atoms with Crippen LogP contribution in [0.5, 0.6) is 0 Å². The Kier molecular flexibility index (Phi) is 5.12. The van der Waals surface area contributed by atoms with Crippen molar-refractivity contribution < 1.29 is 13.6 Å². The number of carbonyl (C=O) groups excluding carboxylic acids is 1. The molecule has 0 atom stereocenters. The lowest BCUT2D eigenvalue weighted by Gasteiger charge is -2.13. The Morgan fingerprint density at radius 3 is 2.33 bits per heavy atom. The van der Waals surface area contributed by atoms with Crippen LogP contribution in [0.15, 0.2) is 42.6 Å². The van der Waals surface area contributed by atoms with E-state index in [0.29, 0.717) is 0 Å². The van der Waals surface area contributed by atoms with Crippen LogP contribution in [0.25, 0.3) is 0 Å². The van der Waals surface area contributed by atoms with Crippen molar-refractivity contribution in [1.29, 1.82) is 0 Å². The summed E-state index contributed by atoms with van der Waals surface area (Å²) >= 11 is 0. The maximum Gasteiger partial charge on any atom is 0.274 e. The second-order valence-electron chi connectivity index (χ2n) is 6.25. The second kappa shape index (κ2) is 7.49. The Balaban J connectivity index is 1.81. The highest BCUT2D eigenvalue weighted by atomic mass is 19.2. The maximum absolute atomic E-state index is 13.3. The molecule has 0 saturated heterocycles. The van der Waals surface area contributed by atoms with Gasteiger partial charge in [0.15, 0.2) is 11.6 Å². The number of halogens is 2. The summed E-state index contributed by atoms with van der Waals surface area (Å²) < 4.78 is 26.3. The number of nitrogens with zero attached hydrogens (tertiary/aromatic N) is 2. The van der Waals surface area contributed by atoms with Crippen LogP contribution in [0, 0.1) is 32.4 Å². The summed E-state index contributed by atoms with van der Waals surface area (Å²) in [7, 11) is 0. The first kappa shape index (κ1) is 18.4. The van der Waals surface area contributed by atoms with Crippen molar-refractivity contribution >= 4 is 23.2 Å². The van der Waals surface area contributed by atoms with E-state index < -0.39 is 17.5 Å². The second-order valence-corrected chi connectivity index (χ2v) is 6.25. The average Bonchev–Trinajstić information content (AvgIpc) is 2.61. The molecule has 0 aliphatic heterocycles. The summed E-state index contributed by atoms with van der Waals surface area (Å²) in [6.45, 7) is 5.97. The van der Waals surface area contributed by atoms with Gasteiger partial charge in [0.1, 0.15) is 5.69 Å². The number of amides is 1. The predicted octanol–water partition coefficient (Wildman–Crippen LogP) is 4.68. The van der Waals surface area contributed by atoms with Gasteiger partial charge >= 0.3 is 0 Å². The lowest BCUT2D eigenvalue weighted by atomic mass is 10.1. The molecule has 3 rings (SSSR count). The molecule has 2 aromatic carbocycles. The van der Waals surface area contributed by atoms with E-state index in [4.69, 9.17) is 0 Å². The van der Waals surface area contributed by atoms with Crippen molar-refractivity contribution in [1.82, 2.24) is 9.97 Å². The molecule has 0 saturated carbocycles.